The van der Waals surface area contributed by atoms with Crippen LogP contribution in [0.4, 0.5) is 0 Å². The van der Waals surface area contributed by atoms with Crippen LogP contribution < -0.4 is 14.8 Å². The average Bonchev–Trinajstić information content (AvgIpc) is 2.65. The first-order valence-electron chi connectivity index (χ1n) is 8.37. The van der Waals surface area contributed by atoms with Gasteiger partial charge in [0, 0.05) is 12.1 Å². The largest absolute Gasteiger partial charge is 0.497 e. The fourth-order valence-corrected chi connectivity index (χ4v) is 2.66. The molecule has 2 aromatic rings. The third-order valence-corrected chi connectivity index (χ3v) is 3.97. The molecule has 0 radical (unpaired) electrons. The molecule has 0 spiro atoms. The Morgan fingerprint density at radius 3 is 2.72 bits per heavy atom. The van der Waals surface area contributed by atoms with E-state index < -0.39 is 0 Å². The van der Waals surface area contributed by atoms with E-state index in [9.17, 15) is 4.79 Å². The van der Waals surface area contributed by atoms with Crippen molar-refractivity contribution in [3.8, 4) is 11.5 Å². The zero-order chi connectivity index (χ0) is 18.1. The van der Waals surface area contributed by atoms with Crippen molar-refractivity contribution in [1.29, 1.82) is 0 Å². The topological polar surface area (TPSA) is 47.6 Å². The molecule has 1 N–H and O–H groups in total. The summed E-state index contributed by atoms with van der Waals surface area (Å²) in [6.45, 7) is 4.37. The van der Waals surface area contributed by atoms with Crippen LogP contribution in [0.5, 0.6) is 11.5 Å². The van der Waals surface area contributed by atoms with Crippen LogP contribution in [0.25, 0.3) is 0 Å². The molecule has 0 unspecified atom stereocenters. The second kappa shape index (κ2) is 9.52. The smallest absolute Gasteiger partial charge is 0.251 e. The molecule has 132 valence electrons. The predicted molar refractivity (Wildman–Crippen MR) is 101 cm³/mol. The zero-order valence-corrected chi connectivity index (χ0v) is 14.9. The van der Waals surface area contributed by atoms with Crippen LogP contribution in [-0.4, -0.2) is 26.7 Å². The van der Waals surface area contributed by atoms with E-state index >= 15 is 0 Å². The van der Waals surface area contributed by atoms with Crippen LogP contribution in [-0.2, 0) is 12.8 Å². The Kier molecular flexibility index (Phi) is 7.08. The minimum atomic E-state index is -0.0707. The fourth-order valence-electron chi connectivity index (χ4n) is 2.66. The van der Waals surface area contributed by atoms with E-state index in [4.69, 9.17) is 9.47 Å². The monoisotopic (exact) mass is 339 g/mol. The predicted octanol–water partition coefficient (Wildman–Crippen LogP) is 3.79. The third-order valence-electron chi connectivity index (χ3n) is 3.97. The second-order valence-electron chi connectivity index (χ2n) is 5.73. The molecular formula is C21H25NO3. The lowest BCUT2D eigenvalue weighted by Gasteiger charge is -2.10. The summed E-state index contributed by atoms with van der Waals surface area (Å²) in [7, 11) is 3.29. The normalized spacial score (nSPS) is 10.2. The molecule has 0 fully saturated rings. The lowest BCUT2D eigenvalue weighted by molar-refractivity contribution is 0.0953. The highest BCUT2D eigenvalue weighted by Crippen LogP contribution is 2.20. The van der Waals surface area contributed by atoms with Gasteiger partial charge < -0.3 is 14.8 Å². The van der Waals surface area contributed by atoms with Crippen LogP contribution in [0.1, 0.15) is 27.9 Å². The van der Waals surface area contributed by atoms with Crippen molar-refractivity contribution < 1.29 is 14.3 Å². The van der Waals surface area contributed by atoms with Gasteiger partial charge in [0.1, 0.15) is 11.5 Å². The first-order valence-corrected chi connectivity index (χ1v) is 8.37. The van der Waals surface area contributed by atoms with Crippen LogP contribution in [0.15, 0.2) is 55.1 Å². The summed E-state index contributed by atoms with van der Waals surface area (Å²) in [4.78, 5) is 12.3. The van der Waals surface area contributed by atoms with Gasteiger partial charge in [-0.15, -0.1) is 6.58 Å². The van der Waals surface area contributed by atoms with E-state index in [0.29, 0.717) is 18.5 Å². The Morgan fingerprint density at radius 2 is 2.00 bits per heavy atom. The Morgan fingerprint density at radius 1 is 1.16 bits per heavy atom. The number of ether oxygens (including phenoxy) is 2. The molecule has 1 amide bonds. The molecule has 2 rings (SSSR count). The van der Waals surface area contributed by atoms with Crippen molar-refractivity contribution in [1.82, 2.24) is 5.32 Å². The first-order chi connectivity index (χ1) is 12.2. The van der Waals surface area contributed by atoms with Gasteiger partial charge in [-0.05, 0) is 60.7 Å². The van der Waals surface area contributed by atoms with Crippen molar-refractivity contribution in [3.63, 3.8) is 0 Å². The number of benzene rings is 2. The van der Waals surface area contributed by atoms with E-state index in [1.54, 1.807) is 26.4 Å². The molecule has 25 heavy (non-hydrogen) atoms. The van der Waals surface area contributed by atoms with Gasteiger partial charge in [0.25, 0.3) is 5.91 Å². The van der Waals surface area contributed by atoms with Crippen LogP contribution in [0, 0.1) is 0 Å². The average molecular weight is 339 g/mol. The van der Waals surface area contributed by atoms with Gasteiger partial charge >= 0.3 is 0 Å². The van der Waals surface area contributed by atoms with E-state index in [1.807, 2.05) is 30.3 Å². The minimum Gasteiger partial charge on any atom is -0.497 e. The highest BCUT2D eigenvalue weighted by molar-refractivity contribution is 5.94. The number of hydrogen-bond acceptors (Lipinski definition) is 3. The van der Waals surface area contributed by atoms with Gasteiger partial charge in [0.15, 0.2) is 0 Å². The van der Waals surface area contributed by atoms with Crippen LogP contribution in [0.2, 0.25) is 0 Å². The number of aryl methyl sites for hydroxylation is 1. The summed E-state index contributed by atoms with van der Waals surface area (Å²) in [5, 5.41) is 2.97. The molecular weight excluding hydrogens is 314 g/mol. The Bertz CT molecular complexity index is 725. The van der Waals surface area contributed by atoms with Gasteiger partial charge in [-0.1, -0.05) is 18.2 Å². The summed E-state index contributed by atoms with van der Waals surface area (Å²) in [6, 6.07) is 13.5. The molecule has 0 aliphatic carbocycles. The van der Waals surface area contributed by atoms with Gasteiger partial charge in [0.2, 0.25) is 0 Å². The van der Waals surface area contributed by atoms with E-state index in [-0.39, 0.29) is 5.91 Å². The van der Waals surface area contributed by atoms with Crippen molar-refractivity contribution in [2.75, 3.05) is 20.8 Å². The van der Waals surface area contributed by atoms with E-state index in [0.717, 1.165) is 29.9 Å². The van der Waals surface area contributed by atoms with Crippen molar-refractivity contribution in [2.24, 2.45) is 0 Å². The Balaban J connectivity index is 1.87. The summed E-state index contributed by atoms with van der Waals surface area (Å²) < 4.78 is 10.5. The van der Waals surface area contributed by atoms with E-state index in [2.05, 4.69) is 18.0 Å². The zero-order valence-electron chi connectivity index (χ0n) is 14.9. The highest BCUT2D eigenvalue weighted by Gasteiger charge is 2.09. The van der Waals surface area contributed by atoms with Crippen LogP contribution in [0.3, 0.4) is 0 Å². The molecule has 0 saturated carbocycles. The maximum Gasteiger partial charge on any atom is 0.251 e. The number of hydrogen-bond donors (Lipinski definition) is 1. The molecule has 0 heterocycles. The number of allylic oxidation sites excluding steroid dienone is 1. The third kappa shape index (κ3) is 5.38. The second-order valence-corrected chi connectivity index (χ2v) is 5.73. The number of amides is 1. The Hall–Kier alpha value is -2.75. The van der Waals surface area contributed by atoms with Crippen molar-refractivity contribution in [2.45, 2.75) is 19.3 Å². The number of carbonyl (C=O) groups is 1. The summed E-state index contributed by atoms with van der Waals surface area (Å²) >= 11 is 0. The van der Waals surface area contributed by atoms with Crippen molar-refractivity contribution >= 4 is 5.91 Å². The lowest BCUT2D eigenvalue weighted by Crippen LogP contribution is -2.24. The maximum atomic E-state index is 12.3. The molecule has 0 atom stereocenters. The molecule has 4 heteroatoms. The molecule has 0 bridgehead atoms. The number of methoxy groups -OCH3 is 2. The SMILES string of the molecule is C=CCc1cc(C(=O)NCCCc2cccc(OC)c2)ccc1OC. The van der Waals surface area contributed by atoms with Gasteiger partial charge in [-0.2, -0.15) is 0 Å². The quantitative estimate of drug-likeness (QED) is 0.558. The lowest BCUT2D eigenvalue weighted by atomic mass is 10.1. The molecule has 0 aromatic heterocycles. The summed E-state index contributed by atoms with van der Waals surface area (Å²) in [6.07, 6.45) is 4.23. The summed E-state index contributed by atoms with van der Waals surface area (Å²) in [5.74, 6) is 1.56. The molecule has 0 aliphatic heterocycles. The van der Waals surface area contributed by atoms with Gasteiger partial charge in [-0.25, -0.2) is 0 Å². The van der Waals surface area contributed by atoms with E-state index in [1.165, 1.54) is 5.56 Å². The molecule has 2 aromatic carbocycles. The molecule has 4 nitrogen and oxygen atoms in total. The number of rotatable bonds is 9. The minimum absolute atomic E-state index is 0.0707. The highest BCUT2D eigenvalue weighted by atomic mass is 16.5. The van der Waals surface area contributed by atoms with Crippen molar-refractivity contribution in [3.05, 3.63) is 71.8 Å². The molecule has 0 saturated heterocycles. The first kappa shape index (κ1) is 18.6. The van der Waals surface area contributed by atoms with Gasteiger partial charge in [-0.3, -0.25) is 4.79 Å². The standard InChI is InChI=1S/C21H25NO3/c1-4-7-17-15-18(11-12-20(17)25-3)21(23)22-13-6-9-16-8-5-10-19(14-16)24-2/h4-5,8,10-12,14-15H,1,6-7,9,13H2,2-3H3,(H,22,23). The maximum absolute atomic E-state index is 12.3. The fraction of sp³-hybridized carbons (Fsp3) is 0.286. The number of nitrogens with one attached hydrogen (secondary N) is 1. The molecule has 0 aliphatic rings. The number of carbonyl (C=O) groups excluding carboxylic acids is 1. The Labute approximate surface area is 149 Å². The van der Waals surface area contributed by atoms with Crippen LogP contribution >= 0.6 is 0 Å². The van der Waals surface area contributed by atoms with Gasteiger partial charge in [0.05, 0.1) is 14.2 Å². The summed E-state index contributed by atoms with van der Waals surface area (Å²) in [5.41, 5.74) is 2.80.